The second-order valence-electron chi connectivity index (χ2n) is 8.73. The highest BCUT2D eigenvalue weighted by Gasteiger charge is 2.26. The van der Waals surface area contributed by atoms with Gasteiger partial charge < -0.3 is 5.11 Å². The Balaban J connectivity index is 1.74. The van der Waals surface area contributed by atoms with Crippen LogP contribution < -0.4 is 0 Å². The molecular weight excluding hydrogens is 452 g/mol. The van der Waals surface area contributed by atoms with Crippen molar-refractivity contribution >= 4 is 21.9 Å². The predicted molar refractivity (Wildman–Crippen MR) is 127 cm³/mol. The van der Waals surface area contributed by atoms with Crippen LogP contribution in [-0.4, -0.2) is 20.9 Å². The second kappa shape index (κ2) is 9.39. The Morgan fingerprint density at radius 3 is 2.58 bits per heavy atom. The lowest BCUT2D eigenvalue weighted by atomic mass is 9.91. The fourth-order valence-corrected chi connectivity index (χ4v) is 4.86. The maximum absolute atomic E-state index is 12.2. The second-order valence-corrected chi connectivity index (χ2v) is 9.58. The molecule has 1 aliphatic rings. The minimum Gasteiger partial charge on any atom is -0.481 e. The molecule has 0 amide bonds. The number of hydrogen-bond acceptors (Lipinski definition) is 2. The number of halogens is 1. The maximum atomic E-state index is 12.2. The zero-order valence-corrected chi connectivity index (χ0v) is 19.7. The van der Waals surface area contributed by atoms with Crippen molar-refractivity contribution in [3.63, 3.8) is 0 Å². The molecule has 4 nitrogen and oxygen atoms in total. The van der Waals surface area contributed by atoms with Crippen molar-refractivity contribution in [2.24, 2.45) is 0 Å². The molecule has 1 fully saturated rings. The van der Waals surface area contributed by atoms with Gasteiger partial charge in [-0.25, -0.2) is 0 Å². The van der Waals surface area contributed by atoms with Gasteiger partial charge in [-0.15, -0.1) is 0 Å². The average Bonchev–Trinajstić information content (AvgIpc) is 3.18. The zero-order chi connectivity index (χ0) is 22.0. The van der Waals surface area contributed by atoms with Gasteiger partial charge in [0.1, 0.15) is 0 Å². The minimum atomic E-state index is -0.789. The smallest absolute Gasteiger partial charge is 0.311 e. The highest BCUT2D eigenvalue weighted by Crippen LogP contribution is 2.34. The molecule has 1 heterocycles. The van der Waals surface area contributed by atoms with Crippen molar-refractivity contribution < 1.29 is 9.90 Å². The first-order chi connectivity index (χ1) is 14.9. The molecule has 0 saturated heterocycles. The Labute approximate surface area is 192 Å². The fraction of sp³-hybridized carbons (Fsp3) is 0.385. The lowest BCUT2D eigenvalue weighted by Gasteiger charge is -2.25. The van der Waals surface area contributed by atoms with Gasteiger partial charge >= 0.3 is 5.97 Å². The summed E-state index contributed by atoms with van der Waals surface area (Å²) in [6, 6.07) is 16.6. The Kier molecular flexibility index (Phi) is 6.61. The van der Waals surface area contributed by atoms with E-state index in [1.54, 1.807) is 0 Å². The Morgan fingerprint density at radius 2 is 1.90 bits per heavy atom. The number of aromatic nitrogens is 2. The molecule has 31 heavy (non-hydrogen) atoms. The molecule has 2 aromatic carbocycles. The van der Waals surface area contributed by atoms with Crippen LogP contribution in [0.25, 0.3) is 11.3 Å². The van der Waals surface area contributed by atoms with E-state index in [1.165, 1.54) is 19.3 Å². The van der Waals surface area contributed by atoms with Gasteiger partial charge in [0.15, 0.2) is 0 Å². The summed E-state index contributed by atoms with van der Waals surface area (Å²) >= 11 is 3.57. The van der Waals surface area contributed by atoms with E-state index in [9.17, 15) is 9.90 Å². The van der Waals surface area contributed by atoms with Crippen LogP contribution >= 0.6 is 15.9 Å². The molecule has 5 heteroatoms. The highest BCUT2D eigenvalue weighted by molar-refractivity contribution is 9.10. The number of nitrogens with zero attached hydrogens (tertiary/aromatic N) is 2. The third-order valence-corrected chi connectivity index (χ3v) is 7.23. The van der Waals surface area contributed by atoms with Gasteiger partial charge in [0.05, 0.1) is 17.7 Å². The summed E-state index contributed by atoms with van der Waals surface area (Å²) in [7, 11) is 0. The summed E-state index contributed by atoms with van der Waals surface area (Å²) in [5.74, 6) is -1.37. The van der Waals surface area contributed by atoms with Gasteiger partial charge in [-0.2, -0.15) is 5.10 Å². The monoisotopic (exact) mass is 480 g/mol. The van der Waals surface area contributed by atoms with Crippen LogP contribution in [0, 0.1) is 13.8 Å². The van der Waals surface area contributed by atoms with Crippen molar-refractivity contribution in [2.75, 3.05) is 0 Å². The summed E-state index contributed by atoms with van der Waals surface area (Å²) in [6.45, 7) is 4.08. The summed E-state index contributed by atoms with van der Waals surface area (Å²) in [6.07, 6.45) is 6.34. The van der Waals surface area contributed by atoms with Gasteiger partial charge in [0.25, 0.3) is 0 Å². The molecule has 3 aromatic rings. The Hall–Kier alpha value is -2.40. The molecule has 0 bridgehead atoms. The number of carboxylic acids is 1. The van der Waals surface area contributed by atoms with Crippen LogP contribution in [0.5, 0.6) is 0 Å². The van der Waals surface area contributed by atoms with Crippen LogP contribution in [0.1, 0.15) is 66.4 Å². The first-order valence-corrected chi connectivity index (χ1v) is 11.9. The third-order valence-electron chi connectivity index (χ3n) is 6.34. The summed E-state index contributed by atoms with van der Waals surface area (Å²) in [5.41, 5.74) is 6.09. The van der Waals surface area contributed by atoms with Crippen LogP contribution in [0.15, 0.2) is 53.0 Å². The summed E-state index contributed by atoms with van der Waals surface area (Å²) in [5, 5.41) is 15.0. The first kappa shape index (κ1) is 21.8. The maximum Gasteiger partial charge on any atom is 0.311 e. The number of rotatable bonds is 6. The van der Waals surface area contributed by atoms with Crippen LogP contribution in [-0.2, 0) is 11.2 Å². The number of aliphatic carboxylic acids is 1. The van der Waals surface area contributed by atoms with Gasteiger partial charge in [0, 0.05) is 22.2 Å². The van der Waals surface area contributed by atoms with E-state index in [-0.39, 0.29) is 0 Å². The largest absolute Gasteiger partial charge is 0.481 e. The van der Waals surface area contributed by atoms with Gasteiger partial charge in [-0.3, -0.25) is 9.48 Å². The number of hydrogen-bond donors (Lipinski definition) is 1. The molecule has 1 N–H and O–H groups in total. The molecule has 1 aliphatic carbocycles. The minimum absolute atomic E-state index is 0.348. The number of carboxylic acid groups (broad SMARTS) is 1. The zero-order valence-electron chi connectivity index (χ0n) is 18.1. The molecule has 1 atom stereocenters. The third kappa shape index (κ3) is 4.93. The molecular formula is C26H29BrN2O2. The summed E-state index contributed by atoms with van der Waals surface area (Å²) in [4.78, 5) is 12.2. The quantitative estimate of drug-likeness (QED) is 0.419. The lowest BCUT2D eigenvalue weighted by Crippen LogP contribution is -2.20. The average molecular weight is 481 g/mol. The molecule has 162 valence electrons. The lowest BCUT2D eigenvalue weighted by molar-refractivity contribution is -0.138. The fourth-order valence-electron chi connectivity index (χ4n) is 4.62. The standard InChI is InChI=1S/C26H29BrN2O2/c1-17-7-6-8-19(13-17)23(26(30)31)15-22-16-25(20-11-12-24(27)18(2)14-20)28-29(22)21-9-4-3-5-10-21/h6-8,11-14,16,21,23H,3-5,9-10,15H2,1-2H3,(H,30,31). The van der Waals surface area contributed by atoms with Crippen LogP contribution in [0.2, 0.25) is 0 Å². The number of carbonyl (C=O) groups is 1. The van der Waals surface area contributed by atoms with Crippen molar-refractivity contribution in [2.45, 2.75) is 64.3 Å². The molecule has 1 unspecified atom stereocenters. The Morgan fingerprint density at radius 1 is 1.13 bits per heavy atom. The molecule has 1 saturated carbocycles. The Bertz CT molecular complexity index is 1080. The van der Waals surface area contributed by atoms with Crippen molar-refractivity contribution in [3.8, 4) is 11.3 Å². The normalized spacial score (nSPS) is 15.7. The van der Waals surface area contributed by atoms with Crippen LogP contribution in [0.3, 0.4) is 0 Å². The van der Waals surface area contributed by atoms with Gasteiger partial charge in [-0.1, -0.05) is 71.1 Å². The van der Waals surface area contributed by atoms with E-state index < -0.39 is 11.9 Å². The number of benzene rings is 2. The van der Waals surface area contributed by atoms with Gasteiger partial charge in [0.2, 0.25) is 0 Å². The van der Waals surface area contributed by atoms with E-state index in [0.717, 1.165) is 51.0 Å². The van der Waals surface area contributed by atoms with E-state index in [4.69, 9.17) is 5.10 Å². The molecule has 0 spiro atoms. The molecule has 4 rings (SSSR count). The summed E-state index contributed by atoms with van der Waals surface area (Å²) < 4.78 is 3.21. The van der Waals surface area contributed by atoms with Crippen molar-refractivity contribution in [1.29, 1.82) is 0 Å². The number of aryl methyl sites for hydroxylation is 2. The van der Waals surface area contributed by atoms with E-state index >= 15 is 0 Å². The van der Waals surface area contributed by atoms with Gasteiger partial charge in [-0.05, 0) is 56.0 Å². The van der Waals surface area contributed by atoms with E-state index in [1.807, 2.05) is 31.2 Å². The molecule has 1 aromatic heterocycles. The SMILES string of the molecule is Cc1cccc(C(Cc2cc(-c3ccc(Br)c(C)c3)nn2C2CCCCC2)C(=O)O)c1. The first-order valence-electron chi connectivity index (χ1n) is 11.1. The van der Waals surface area contributed by atoms with E-state index in [0.29, 0.717) is 12.5 Å². The molecule has 0 aliphatic heterocycles. The predicted octanol–water partition coefficient (Wildman–Crippen LogP) is 6.85. The molecule has 0 radical (unpaired) electrons. The topological polar surface area (TPSA) is 55.1 Å². The van der Waals surface area contributed by atoms with Crippen LogP contribution in [0.4, 0.5) is 0 Å². The van der Waals surface area contributed by atoms with Crippen molar-refractivity contribution in [3.05, 3.63) is 75.4 Å². The van der Waals surface area contributed by atoms with E-state index in [2.05, 4.69) is 51.8 Å². The highest BCUT2D eigenvalue weighted by atomic mass is 79.9. The van der Waals surface area contributed by atoms with Crippen molar-refractivity contribution in [1.82, 2.24) is 9.78 Å².